The number of amides is 1. The Labute approximate surface area is 172 Å². The molecule has 2 aromatic carbocycles. The molecule has 29 heavy (non-hydrogen) atoms. The summed E-state index contributed by atoms with van der Waals surface area (Å²) in [6.07, 6.45) is 7.18. The average molecular weight is 392 g/mol. The van der Waals surface area contributed by atoms with Crippen LogP contribution in [0.15, 0.2) is 42.5 Å². The van der Waals surface area contributed by atoms with Crippen molar-refractivity contribution < 1.29 is 14.3 Å². The summed E-state index contributed by atoms with van der Waals surface area (Å²) in [7, 11) is 3.17. The van der Waals surface area contributed by atoms with Crippen LogP contribution in [-0.4, -0.2) is 20.1 Å². The topological polar surface area (TPSA) is 47.6 Å². The van der Waals surface area contributed by atoms with Crippen LogP contribution in [0.25, 0.3) is 0 Å². The van der Waals surface area contributed by atoms with E-state index >= 15 is 0 Å². The molecule has 4 nitrogen and oxygen atoms in total. The zero-order valence-electron chi connectivity index (χ0n) is 17.2. The van der Waals surface area contributed by atoms with Gasteiger partial charge in [0.15, 0.2) is 0 Å². The number of carbonyl (C=O) groups excluding carboxylic acids is 1. The molecule has 0 radical (unpaired) electrons. The molecule has 4 aliphatic rings. The van der Waals surface area contributed by atoms with Crippen molar-refractivity contribution in [1.82, 2.24) is 0 Å². The van der Waals surface area contributed by atoms with Gasteiger partial charge < -0.3 is 14.8 Å². The third-order valence-electron chi connectivity index (χ3n) is 7.39. The van der Waals surface area contributed by atoms with E-state index in [1.165, 1.54) is 37.7 Å². The Bertz CT molecular complexity index is 855. The maximum atomic E-state index is 12.7. The third-order valence-corrected chi connectivity index (χ3v) is 7.39. The van der Waals surface area contributed by atoms with E-state index in [2.05, 4.69) is 29.6 Å². The Morgan fingerprint density at radius 1 is 0.828 bits per heavy atom. The van der Waals surface area contributed by atoms with E-state index in [0.29, 0.717) is 17.1 Å². The van der Waals surface area contributed by atoms with E-state index in [-0.39, 0.29) is 5.91 Å². The fraction of sp³-hybridized carbons (Fsp3) is 0.480. The SMILES string of the molecule is COc1cc(OC)cc(C(=O)Nc2ccc(C3C4CC5CC(C4)CC3C5)cc2)c1. The number of hydrogen-bond acceptors (Lipinski definition) is 3. The fourth-order valence-electron chi connectivity index (χ4n) is 6.40. The Morgan fingerprint density at radius 2 is 1.38 bits per heavy atom. The quantitative estimate of drug-likeness (QED) is 0.732. The van der Waals surface area contributed by atoms with Crippen LogP contribution in [0.3, 0.4) is 0 Å². The summed E-state index contributed by atoms with van der Waals surface area (Å²) in [5.41, 5.74) is 2.80. The molecule has 4 bridgehead atoms. The molecule has 0 saturated heterocycles. The summed E-state index contributed by atoms with van der Waals surface area (Å²) in [5.74, 6) is 5.49. The van der Waals surface area contributed by atoms with Crippen molar-refractivity contribution >= 4 is 11.6 Å². The van der Waals surface area contributed by atoms with Crippen molar-refractivity contribution in [2.45, 2.75) is 38.0 Å². The van der Waals surface area contributed by atoms with Gasteiger partial charge in [-0.3, -0.25) is 4.79 Å². The lowest BCUT2D eigenvalue weighted by atomic mass is 9.51. The molecule has 4 heteroatoms. The van der Waals surface area contributed by atoms with Gasteiger partial charge in [0, 0.05) is 17.3 Å². The van der Waals surface area contributed by atoms with Gasteiger partial charge in [-0.1, -0.05) is 12.1 Å². The lowest BCUT2D eigenvalue weighted by Crippen LogP contribution is -2.43. The monoisotopic (exact) mass is 391 g/mol. The average Bonchev–Trinajstić information content (AvgIpc) is 2.73. The molecular weight excluding hydrogens is 362 g/mol. The summed E-state index contributed by atoms with van der Waals surface area (Å²) in [4.78, 5) is 12.7. The molecule has 4 saturated carbocycles. The summed E-state index contributed by atoms with van der Waals surface area (Å²) in [5, 5.41) is 3.01. The summed E-state index contributed by atoms with van der Waals surface area (Å²) in [6.45, 7) is 0. The first kappa shape index (κ1) is 18.5. The molecule has 6 rings (SSSR count). The number of hydrogen-bond donors (Lipinski definition) is 1. The van der Waals surface area contributed by atoms with Crippen LogP contribution in [0, 0.1) is 23.7 Å². The third kappa shape index (κ3) is 3.50. The number of benzene rings is 2. The highest BCUT2D eigenvalue weighted by molar-refractivity contribution is 6.04. The van der Waals surface area contributed by atoms with Gasteiger partial charge in [-0.05, 0) is 91.5 Å². The first-order chi connectivity index (χ1) is 14.1. The van der Waals surface area contributed by atoms with Gasteiger partial charge in [0.1, 0.15) is 11.5 Å². The highest BCUT2D eigenvalue weighted by Gasteiger charge is 2.48. The van der Waals surface area contributed by atoms with Crippen molar-refractivity contribution in [3.63, 3.8) is 0 Å². The molecule has 1 N–H and O–H groups in total. The van der Waals surface area contributed by atoms with Gasteiger partial charge in [-0.25, -0.2) is 0 Å². The number of ether oxygens (including phenoxy) is 2. The molecule has 2 aromatic rings. The van der Waals surface area contributed by atoms with Crippen LogP contribution in [0.4, 0.5) is 5.69 Å². The van der Waals surface area contributed by atoms with Crippen LogP contribution >= 0.6 is 0 Å². The second-order valence-electron chi connectivity index (χ2n) is 9.13. The Balaban J connectivity index is 1.30. The number of methoxy groups -OCH3 is 2. The van der Waals surface area contributed by atoms with E-state index < -0.39 is 0 Å². The van der Waals surface area contributed by atoms with E-state index in [4.69, 9.17) is 9.47 Å². The summed E-state index contributed by atoms with van der Waals surface area (Å²) >= 11 is 0. The van der Waals surface area contributed by atoms with Crippen LogP contribution in [0.5, 0.6) is 11.5 Å². The Kier molecular flexibility index (Phi) is 4.73. The van der Waals surface area contributed by atoms with Crippen molar-refractivity contribution in [2.24, 2.45) is 23.7 Å². The van der Waals surface area contributed by atoms with E-state index in [1.807, 2.05) is 0 Å². The molecule has 0 unspecified atom stereocenters. The molecule has 4 aliphatic carbocycles. The molecule has 0 atom stereocenters. The zero-order valence-corrected chi connectivity index (χ0v) is 17.2. The smallest absolute Gasteiger partial charge is 0.255 e. The molecule has 1 amide bonds. The summed E-state index contributed by atoms with van der Waals surface area (Å²) < 4.78 is 10.5. The lowest BCUT2D eigenvalue weighted by molar-refractivity contribution is -0.00277. The normalized spacial score (nSPS) is 29.5. The van der Waals surface area contributed by atoms with Crippen LogP contribution < -0.4 is 14.8 Å². The van der Waals surface area contributed by atoms with Crippen LogP contribution in [0.2, 0.25) is 0 Å². The lowest BCUT2D eigenvalue weighted by Gasteiger charge is -2.54. The van der Waals surface area contributed by atoms with E-state index in [9.17, 15) is 4.79 Å². The van der Waals surface area contributed by atoms with Crippen molar-refractivity contribution in [1.29, 1.82) is 0 Å². The standard InChI is InChI=1S/C25H29NO3/c1-28-22-12-20(13-23(14-22)29-2)25(27)26-21-5-3-17(4-6-21)24-18-8-15-7-16(10-18)11-19(24)9-15/h3-6,12-16,18-19,24H,7-11H2,1-2H3,(H,26,27). The van der Waals surface area contributed by atoms with Gasteiger partial charge >= 0.3 is 0 Å². The second-order valence-corrected chi connectivity index (χ2v) is 9.13. The molecule has 0 spiro atoms. The largest absolute Gasteiger partial charge is 0.497 e. The van der Waals surface area contributed by atoms with Crippen LogP contribution in [-0.2, 0) is 0 Å². The predicted octanol–water partition coefficient (Wildman–Crippen LogP) is 5.50. The number of nitrogens with one attached hydrogen (secondary N) is 1. The van der Waals surface area contributed by atoms with Gasteiger partial charge in [0.2, 0.25) is 0 Å². The van der Waals surface area contributed by atoms with Crippen molar-refractivity contribution in [3.05, 3.63) is 53.6 Å². The number of anilines is 1. The highest BCUT2D eigenvalue weighted by atomic mass is 16.5. The second kappa shape index (κ2) is 7.40. The Hall–Kier alpha value is -2.49. The van der Waals surface area contributed by atoms with Gasteiger partial charge in [0.05, 0.1) is 14.2 Å². The zero-order chi connectivity index (χ0) is 20.0. The van der Waals surface area contributed by atoms with Gasteiger partial charge in [-0.2, -0.15) is 0 Å². The number of rotatable bonds is 5. The van der Waals surface area contributed by atoms with E-state index in [0.717, 1.165) is 35.3 Å². The minimum absolute atomic E-state index is 0.162. The minimum atomic E-state index is -0.162. The highest BCUT2D eigenvalue weighted by Crippen LogP contribution is 2.59. The predicted molar refractivity (Wildman–Crippen MR) is 114 cm³/mol. The first-order valence-electron chi connectivity index (χ1n) is 10.8. The Morgan fingerprint density at radius 3 is 1.90 bits per heavy atom. The van der Waals surface area contributed by atoms with Crippen molar-refractivity contribution in [2.75, 3.05) is 19.5 Å². The molecule has 0 aliphatic heterocycles. The molecule has 4 fully saturated rings. The minimum Gasteiger partial charge on any atom is -0.497 e. The first-order valence-corrected chi connectivity index (χ1v) is 10.8. The van der Waals surface area contributed by atoms with Crippen molar-refractivity contribution in [3.8, 4) is 11.5 Å². The maximum absolute atomic E-state index is 12.7. The number of carbonyl (C=O) groups is 1. The van der Waals surface area contributed by atoms with Gasteiger partial charge in [0.25, 0.3) is 5.91 Å². The van der Waals surface area contributed by atoms with Gasteiger partial charge in [-0.15, -0.1) is 0 Å². The summed E-state index contributed by atoms with van der Waals surface area (Å²) in [6, 6.07) is 13.8. The molecule has 0 aromatic heterocycles. The molecular formula is C25H29NO3. The van der Waals surface area contributed by atoms with E-state index in [1.54, 1.807) is 32.4 Å². The maximum Gasteiger partial charge on any atom is 0.255 e. The molecule has 0 heterocycles. The molecule has 152 valence electrons. The fourth-order valence-corrected chi connectivity index (χ4v) is 6.40. The van der Waals surface area contributed by atoms with Crippen LogP contribution in [0.1, 0.15) is 53.9 Å².